The average molecular weight is 205 g/mol. The van der Waals surface area contributed by atoms with E-state index in [1.807, 2.05) is 0 Å². The van der Waals surface area contributed by atoms with Crippen LogP contribution < -0.4 is 5.32 Å². The maximum Gasteiger partial charge on any atom is 0.223 e. The fourth-order valence-electron chi connectivity index (χ4n) is 1.39. The van der Waals surface area contributed by atoms with Gasteiger partial charge in [-0.05, 0) is 12.8 Å². The molecule has 13 heavy (non-hydrogen) atoms. The molecule has 5 heteroatoms. The predicted molar refractivity (Wildman–Crippen MR) is 50.1 cm³/mol. The van der Waals surface area contributed by atoms with Crippen LogP contribution in [0.15, 0.2) is 0 Å². The third-order valence-electron chi connectivity index (χ3n) is 2.38. The van der Waals surface area contributed by atoms with E-state index in [1.54, 1.807) is 6.92 Å². The Morgan fingerprint density at radius 2 is 2.23 bits per heavy atom. The van der Waals surface area contributed by atoms with Crippen LogP contribution in [-0.2, 0) is 14.6 Å². The van der Waals surface area contributed by atoms with Gasteiger partial charge in [0, 0.05) is 18.2 Å². The lowest BCUT2D eigenvalue weighted by atomic mass is 10.1. The van der Waals surface area contributed by atoms with Gasteiger partial charge >= 0.3 is 0 Å². The smallest absolute Gasteiger partial charge is 0.223 e. The zero-order chi connectivity index (χ0) is 9.90. The molecule has 0 bridgehead atoms. The lowest BCUT2D eigenvalue weighted by molar-refractivity contribution is -0.122. The first-order chi connectivity index (χ1) is 6.05. The van der Waals surface area contributed by atoms with Gasteiger partial charge in [-0.1, -0.05) is 6.92 Å². The second-order valence-electron chi connectivity index (χ2n) is 3.30. The van der Waals surface area contributed by atoms with Crippen LogP contribution in [0, 0.1) is 5.92 Å². The van der Waals surface area contributed by atoms with Crippen LogP contribution in [-0.4, -0.2) is 32.4 Å². The van der Waals surface area contributed by atoms with Gasteiger partial charge in [0.05, 0.1) is 5.75 Å². The second kappa shape index (κ2) is 4.09. The number of rotatable bonds is 4. The molecule has 1 aliphatic heterocycles. The number of carbonyl (C=O) groups is 1. The highest BCUT2D eigenvalue weighted by Gasteiger charge is 2.25. The molecule has 0 aromatic heterocycles. The molecule has 1 N–H and O–H groups in total. The number of sulfone groups is 1. The summed E-state index contributed by atoms with van der Waals surface area (Å²) in [5.74, 6) is 0.232. The minimum absolute atomic E-state index is 0.00584. The fraction of sp³-hybridized carbons (Fsp3) is 0.875. The van der Waals surface area contributed by atoms with Crippen molar-refractivity contribution in [3.05, 3.63) is 0 Å². The maximum atomic E-state index is 11.1. The van der Waals surface area contributed by atoms with E-state index >= 15 is 0 Å². The van der Waals surface area contributed by atoms with E-state index in [-0.39, 0.29) is 23.3 Å². The molecular formula is C8H15NO3S. The van der Waals surface area contributed by atoms with Crippen molar-refractivity contribution in [2.24, 2.45) is 5.92 Å². The quantitative estimate of drug-likeness (QED) is 0.699. The van der Waals surface area contributed by atoms with Crippen molar-refractivity contribution in [3.63, 3.8) is 0 Å². The van der Waals surface area contributed by atoms with E-state index in [9.17, 15) is 13.2 Å². The molecule has 1 rings (SSSR count). The molecule has 0 aromatic carbocycles. The van der Waals surface area contributed by atoms with Crippen molar-refractivity contribution >= 4 is 15.7 Å². The highest BCUT2D eigenvalue weighted by molar-refractivity contribution is 7.91. The summed E-state index contributed by atoms with van der Waals surface area (Å²) < 4.78 is 22.3. The molecule has 0 spiro atoms. The lowest BCUT2D eigenvalue weighted by Crippen LogP contribution is -2.21. The fourth-order valence-corrected chi connectivity index (χ4v) is 2.32. The summed E-state index contributed by atoms with van der Waals surface area (Å²) in [6.45, 7) is 2.32. The van der Waals surface area contributed by atoms with Crippen LogP contribution in [0.3, 0.4) is 0 Å². The number of carbonyl (C=O) groups excluding carboxylic acids is 1. The molecule has 0 aliphatic carbocycles. The van der Waals surface area contributed by atoms with Crippen molar-refractivity contribution in [2.45, 2.75) is 19.8 Å². The summed E-state index contributed by atoms with van der Waals surface area (Å²) >= 11 is 0. The Balaban J connectivity index is 2.38. The summed E-state index contributed by atoms with van der Waals surface area (Å²) in [6.07, 6.45) is 1.25. The van der Waals surface area contributed by atoms with Crippen LogP contribution in [0.1, 0.15) is 19.8 Å². The minimum Gasteiger partial charge on any atom is -0.356 e. The van der Waals surface area contributed by atoms with Crippen LogP contribution in [0.4, 0.5) is 0 Å². The SMILES string of the molecule is CCS(=O)(=O)CCC1CCNC1=O. The van der Waals surface area contributed by atoms with E-state index in [2.05, 4.69) is 5.32 Å². The second-order valence-corrected chi connectivity index (χ2v) is 5.77. The minimum atomic E-state index is -2.91. The third-order valence-corrected chi connectivity index (χ3v) is 4.12. The average Bonchev–Trinajstić information content (AvgIpc) is 2.48. The first-order valence-electron chi connectivity index (χ1n) is 4.53. The molecule has 0 aromatic rings. The Morgan fingerprint density at radius 1 is 1.54 bits per heavy atom. The van der Waals surface area contributed by atoms with Crippen molar-refractivity contribution in [1.29, 1.82) is 0 Å². The Labute approximate surface area is 78.6 Å². The summed E-state index contributed by atoms with van der Waals surface area (Å²) in [5, 5.41) is 2.69. The molecule has 1 amide bonds. The molecule has 76 valence electrons. The summed E-state index contributed by atoms with van der Waals surface area (Å²) in [6, 6.07) is 0. The van der Waals surface area contributed by atoms with Crippen molar-refractivity contribution in [1.82, 2.24) is 5.32 Å². The Kier molecular flexibility index (Phi) is 3.30. The molecule has 1 unspecified atom stereocenters. The zero-order valence-corrected chi connectivity index (χ0v) is 8.56. The molecule has 1 atom stereocenters. The highest BCUT2D eigenvalue weighted by Crippen LogP contribution is 2.14. The van der Waals surface area contributed by atoms with Crippen molar-refractivity contribution in [2.75, 3.05) is 18.1 Å². The Bertz CT molecular complexity index is 284. The van der Waals surface area contributed by atoms with Gasteiger partial charge in [-0.15, -0.1) is 0 Å². The van der Waals surface area contributed by atoms with E-state index in [1.165, 1.54) is 0 Å². The lowest BCUT2D eigenvalue weighted by Gasteiger charge is -2.05. The Hall–Kier alpha value is -0.580. The van der Waals surface area contributed by atoms with Gasteiger partial charge in [0.15, 0.2) is 0 Å². The summed E-state index contributed by atoms with van der Waals surface area (Å²) in [5.41, 5.74) is 0. The zero-order valence-electron chi connectivity index (χ0n) is 7.75. The van der Waals surface area contributed by atoms with Gasteiger partial charge in [-0.25, -0.2) is 8.42 Å². The third kappa shape index (κ3) is 2.99. The van der Waals surface area contributed by atoms with Crippen molar-refractivity contribution in [3.8, 4) is 0 Å². The summed E-state index contributed by atoms with van der Waals surface area (Å²) in [4.78, 5) is 11.1. The van der Waals surface area contributed by atoms with E-state index < -0.39 is 9.84 Å². The van der Waals surface area contributed by atoms with Gasteiger partial charge < -0.3 is 5.32 Å². The molecule has 4 nitrogen and oxygen atoms in total. The largest absolute Gasteiger partial charge is 0.356 e. The van der Waals surface area contributed by atoms with Gasteiger partial charge in [-0.2, -0.15) is 0 Å². The maximum absolute atomic E-state index is 11.1. The van der Waals surface area contributed by atoms with E-state index in [4.69, 9.17) is 0 Å². The molecule has 1 fully saturated rings. The highest BCUT2D eigenvalue weighted by atomic mass is 32.2. The molecule has 0 radical (unpaired) electrons. The first kappa shape index (κ1) is 10.5. The predicted octanol–water partition coefficient (Wildman–Crippen LogP) is -0.0527. The normalized spacial score (nSPS) is 23.2. The number of amides is 1. The van der Waals surface area contributed by atoms with Crippen LogP contribution in [0.2, 0.25) is 0 Å². The van der Waals surface area contributed by atoms with E-state index in [0.717, 1.165) is 6.42 Å². The van der Waals surface area contributed by atoms with Gasteiger partial charge in [-0.3, -0.25) is 4.79 Å². The van der Waals surface area contributed by atoms with Gasteiger partial charge in [0.1, 0.15) is 9.84 Å². The number of hydrogen-bond donors (Lipinski definition) is 1. The molecule has 1 heterocycles. The first-order valence-corrected chi connectivity index (χ1v) is 6.35. The van der Waals surface area contributed by atoms with Crippen LogP contribution >= 0.6 is 0 Å². The van der Waals surface area contributed by atoms with Crippen molar-refractivity contribution < 1.29 is 13.2 Å². The standard InChI is InChI=1S/C8H15NO3S/c1-2-13(11,12)6-4-7-3-5-9-8(7)10/h7H,2-6H2,1H3,(H,9,10). The van der Waals surface area contributed by atoms with Gasteiger partial charge in [0.25, 0.3) is 0 Å². The number of hydrogen-bond acceptors (Lipinski definition) is 3. The topological polar surface area (TPSA) is 63.2 Å². The Morgan fingerprint density at radius 3 is 2.69 bits per heavy atom. The molecule has 0 saturated carbocycles. The molecular weight excluding hydrogens is 190 g/mol. The van der Waals surface area contributed by atoms with Gasteiger partial charge in [0.2, 0.25) is 5.91 Å². The molecule has 1 saturated heterocycles. The summed E-state index contributed by atoms with van der Waals surface area (Å²) in [7, 11) is -2.91. The number of nitrogens with one attached hydrogen (secondary N) is 1. The van der Waals surface area contributed by atoms with Crippen LogP contribution in [0.5, 0.6) is 0 Å². The molecule has 1 aliphatic rings. The van der Waals surface area contributed by atoms with E-state index in [0.29, 0.717) is 13.0 Å². The van der Waals surface area contributed by atoms with Crippen LogP contribution in [0.25, 0.3) is 0 Å². The monoisotopic (exact) mass is 205 g/mol.